The first-order valence-corrected chi connectivity index (χ1v) is 17.1. The summed E-state index contributed by atoms with van der Waals surface area (Å²) in [5.41, 5.74) is 0.400. The third-order valence-electron chi connectivity index (χ3n) is 13.6. The molecule has 0 aromatic heterocycles. The highest BCUT2D eigenvalue weighted by atomic mass is 16.7. The first kappa shape index (κ1) is 35.1. The lowest BCUT2D eigenvalue weighted by Gasteiger charge is -2.66. The monoisotopic (exact) mass is 634 g/mol. The van der Waals surface area contributed by atoms with Crippen LogP contribution in [-0.2, 0) is 14.3 Å². The van der Waals surface area contributed by atoms with Gasteiger partial charge in [0, 0.05) is 16.7 Å². The summed E-state index contributed by atoms with van der Waals surface area (Å²) in [5, 5.41) is 63.7. The third kappa shape index (κ3) is 5.41. The van der Waals surface area contributed by atoms with E-state index < -0.39 is 66.5 Å². The largest absolute Gasteiger partial charge is 0.394 e. The number of carbonyl (C=O) groups is 1. The first-order valence-electron chi connectivity index (χ1n) is 17.1. The van der Waals surface area contributed by atoms with Crippen LogP contribution >= 0.6 is 0 Å². The van der Waals surface area contributed by atoms with E-state index in [0.717, 1.165) is 36.7 Å². The van der Waals surface area contributed by atoms with Crippen LogP contribution in [0.15, 0.2) is 23.3 Å². The van der Waals surface area contributed by atoms with Crippen molar-refractivity contribution < 1.29 is 44.9 Å². The number of ether oxygens (including phenoxy) is 2. The van der Waals surface area contributed by atoms with Crippen LogP contribution in [0, 0.1) is 45.3 Å². The summed E-state index contributed by atoms with van der Waals surface area (Å²) in [5.74, 6) is 0.384. The molecule has 9 nitrogen and oxygen atoms in total. The molecule has 1 saturated heterocycles. The predicted molar refractivity (Wildman–Crippen MR) is 169 cm³/mol. The van der Waals surface area contributed by atoms with Gasteiger partial charge >= 0.3 is 0 Å². The number of rotatable bonds is 8. The normalized spacial score (nSPS) is 48.7. The minimum Gasteiger partial charge on any atom is -0.394 e. The fourth-order valence-corrected chi connectivity index (χ4v) is 11.1. The summed E-state index contributed by atoms with van der Waals surface area (Å²) in [6.45, 7) is 14.5. The number of aliphatic hydroxyl groups excluding tert-OH is 6. The Hall–Kier alpha value is -1.17. The number of aliphatic hydroxyl groups is 6. The van der Waals surface area contributed by atoms with Gasteiger partial charge in [0.1, 0.15) is 30.7 Å². The van der Waals surface area contributed by atoms with Gasteiger partial charge < -0.3 is 44.9 Å². The lowest BCUT2D eigenvalue weighted by Crippen LogP contribution is -2.65. The zero-order valence-electron chi connectivity index (χ0n) is 28.2. The molecule has 0 radical (unpaired) electrons. The quantitative estimate of drug-likeness (QED) is 0.174. The average Bonchev–Trinajstić information content (AvgIpc) is 3.24. The second-order valence-electron chi connectivity index (χ2n) is 16.5. The Labute approximate surface area is 268 Å². The van der Waals surface area contributed by atoms with Crippen molar-refractivity contribution in [3.8, 4) is 0 Å². The van der Waals surface area contributed by atoms with Gasteiger partial charge in [0.2, 0.25) is 0 Å². The van der Waals surface area contributed by atoms with Crippen LogP contribution < -0.4 is 0 Å². The van der Waals surface area contributed by atoms with Crippen LogP contribution in [-0.4, -0.2) is 92.5 Å². The van der Waals surface area contributed by atoms with Gasteiger partial charge in [-0.3, -0.25) is 0 Å². The Bertz CT molecular complexity index is 1160. The van der Waals surface area contributed by atoms with Crippen LogP contribution in [0.3, 0.4) is 0 Å². The van der Waals surface area contributed by atoms with Crippen molar-refractivity contribution >= 4 is 6.29 Å². The van der Waals surface area contributed by atoms with E-state index in [0.29, 0.717) is 37.5 Å². The molecule has 9 heteroatoms. The fourth-order valence-electron chi connectivity index (χ4n) is 11.1. The molecule has 0 bridgehead atoms. The topological polar surface area (TPSA) is 157 Å². The summed E-state index contributed by atoms with van der Waals surface area (Å²) < 4.78 is 12.0. The summed E-state index contributed by atoms with van der Waals surface area (Å²) in [6.07, 6.45) is 1.99. The molecule has 256 valence electrons. The maximum absolute atomic E-state index is 13.5. The Balaban J connectivity index is 1.43. The first-order chi connectivity index (χ1) is 21.0. The van der Waals surface area contributed by atoms with Crippen molar-refractivity contribution in [3.63, 3.8) is 0 Å². The van der Waals surface area contributed by atoms with Crippen LogP contribution in [0.2, 0.25) is 0 Å². The average molecular weight is 635 g/mol. The van der Waals surface area contributed by atoms with E-state index in [1.165, 1.54) is 0 Å². The van der Waals surface area contributed by atoms with E-state index in [2.05, 4.69) is 20.8 Å². The minimum atomic E-state index is -1.53. The van der Waals surface area contributed by atoms with Crippen molar-refractivity contribution in [2.24, 2.45) is 45.3 Å². The Kier molecular flexibility index (Phi) is 9.66. The lowest BCUT2D eigenvalue weighted by molar-refractivity contribution is -0.320. The van der Waals surface area contributed by atoms with Gasteiger partial charge in [-0.15, -0.1) is 0 Å². The number of fused-ring (bicyclic) bond motifs is 5. The molecule has 5 aliphatic rings. The molecule has 4 aliphatic carbocycles. The molecule has 4 fully saturated rings. The lowest BCUT2D eigenvalue weighted by atomic mass is 9.38. The molecular weight excluding hydrogens is 576 g/mol. The molecule has 1 heterocycles. The number of hydrogen-bond acceptors (Lipinski definition) is 9. The van der Waals surface area contributed by atoms with E-state index in [4.69, 9.17) is 9.47 Å². The molecule has 0 aromatic rings. The van der Waals surface area contributed by atoms with E-state index >= 15 is 0 Å². The summed E-state index contributed by atoms with van der Waals surface area (Å²) in [6, 6.07) is 0. The van der Waals surface area contributed by atoms with Crippen molar-refractivity contribution in [2.75, 3.05) is 6.61 Å². The summed E-state index contributed by atoms with van der Waals surface area (Å²) in [7, 11) is 0. The Morgan fingerprint density at radius 2 is 1.69 bits per heavy atom. The Morgan fingerprint density at radius 1 is 1.00 bits per heavy atom. The van der Waals surface area contributed by atoms with Gasteiger partial charge in [0.05, 0.1) is 24.9 Å². The molecule has 4 unspecified atom stereocenters. The predicted octanol–water partition coefficient (Wildman–Crippen LogP) is 3.28. The standard InChI is InChI=1S/C36H58O9/c1-19(2)14-21(39)15-20(3)22-10-11-35(7)31-25(40)16-24-23(36(31,18-38)13-12-34(22,35)6)8-9-27(33(24,4)5)45-32-30(43)29(42)28(41)26(17-37)44-32/h14,16,18,20-23,25-32,37,39-43H,8-13,15,17H2,1-7H3/t20-,21?,22-,23-,25+,26?,27+,28-,29?,30?,31+,32+,34-,35+,36-/m1/s1. The summed E-state index contributed by atoms with van der Waals surface area (Å²) in [4.78, 5) is 13.5. The zero-order valence-corrected chi connectivity index (χ0v) is 28.2. The summed E-state index contributed by atoms with van der Waals surface area (Å²) >= 11 is 0. The van der Waals surface area contributed by atoms with Crippen LogP contribution in [0.4, 0.5) is 0 Å². The molecule has 0 amide bonds. The molecule has 3 saturated carbocycles. The van der Waals surface area contributed by atoms with Gasteiger partial charge in [-0.05, 0) is 87.4 Å². The SMILES string of the molecule is CC(C)=CC(O)C[C@@H](C)[C@H]1CC[C@@]2(C)[C@@H]3[C@@H](O)C=C4[C@@H](CC[C@H](O[C@@H]5OC(CO)[C@@H](O)C(O)C5O)C4(C)C)[C@]3(C=O)CC[C@]12C. The van der Waals surface area contributed by atoms with Gasteiger partial charge in [-0.1, -0.05) is 57.9 Å². The second-order valence-corrected chi connectivity index (χ2v) is 16.5. The number of carbonyl (C=O) groups excluding carboxylic acids is 1. The maximum Gasteiger partial charge on any atom is 0.187 e. The number of aldehydes is 1. The number of allylic oxidation sites excluding steroid dienone is 1. The fraction of sp³-hybridized carbons (Fsp3) is 0.861. The van der Waals surface area contributed by atoms with Crippen molar-refractivity contribution in [2.45, 2.75) is 142 Å². The highest BCUT2D eigenvalue weighted by Gasteiger charge is 2.71. The molecule has 1 aliphatic heterocycles. The molecule has 0 aromatic carbocycles. The number of hydrogen-bond donors (Lipinski definition) is 6. The van der Waals surface area contributed by atoms with Crippen LogP contribution in [0.1, 0.15) is 93.4 Å². The Morgan fingerprint density at radius 3 is 2.31 bits per heavy atom. The molecule has 15 atom stereocenters. The van der Waals surface area contributed by atoms with Gasteiger partial charge in [-0.25, -0.2) is 0 Å². The van der Waals surface area contributed by atoms with E-state index in [1.54, 1.807) is 0 Å². The zero-order chi connectivity index (χ0) is 33.3. The van der Waals surface area contributed by atoms with Crippen molar-refractivity contribution in [1.29, 1.82) is 0 Å². The van der Waals surface area contributed by atoms with Gasteiger partial charge in [0.25, 0.3) is 0 Å². The molecule has 45 heavy (non-hydrogen) atoms. The van der Waals surface area contributed by atoms with Crippen LogP contribution in [0.5, 0.6) is 0 Å². The van der Waals surface area contributed by atoms with E-state index in [9.17, 15) is 35.4 Å². The van der Waals surface area contributed by atoms with Gasteiger partial charge in [0.15, 0.2) is 6.29 Å². The van der Waals surface area contributed by atoms with E-state index in [-0.39, 0.29) is 22.7 Å². The molecule has 5 rings (SSSR count). The molecule has 0 spiro atoms. The molecular formula is C36H58O9. The molecule has 6 N–H and O–H groups in total. The highest BCUT2D eigenvalue weighted by Crippen LogP contribution is 2.74. The van der Waals surface area contributed by atoms with Crippen molar-refractivity contribution in [1.82, 2.24) is 0 Å². The highest BCUT2D eigenvalue weighted by molar-refractivity contribution is 5.65. The maximum atomic E-state index is 13.5. The van der Waals surface area contributed by atoms with Crippen LogP contribution in [0.25, 0.3) is 0 Å². The van der Waals surface area contributed by atoms with Crippen molar-refractivity contribution in [3.05, 3.63) is 23.3 Å². The van der Waals surface area contributed by atoms with Gasteiger partial charge in [-0.2, -0.15) is 0 Å². The minimum absolute atomic E-state index is 0.0645. The smallest absolute Gasteiger partial charge is 0.187 e. The second kappa shape index (κ2) is 12.4. The third-order valence-corrected chi connectivity index (χ3v) is 13.6. The van der Waals surface area contributed by atoms with E-state index in [1.807, 2.05) is 39.8 Å².